The normalized spacial score (nSPS) is 13.7. The van der Waals surface area contributed by atoms with Crippen LogP contribution in [0.2, 0.25) is 0 Å². The number of fused-ring (bicyclic) bond motifs is 1. The number of methoxy groups -OCH3 is 1. The minimum atomic E-state index is -0.508. The van der Waals surface area contributed by atoms with Crippen LogP contribution < -0.4 is 4.74 Å². The average molecular weight is 336 g/mol. The maximum Gasteiger partial charge on any atom is 0.342 e. The van der Waals surface area contributed by atoms with Gasteiger partial charge in [0.2, 0.25) is 0 Å². The summed E-state index contributed by atoms with van der Waals surface area (Å²) in [6, 6.07) is 0. The van der Waals surface area contributed by atoms with Gasteiger partial charge in [-0.25, -0.2) is 4.79 Å². The number of hydrogen-bond donors (Lipinski definition) is 2. The number of rotatable bonds is 6. The highest BCUT2D eigenvalue weighted by Crippen LogP contribution is 2.42. The van der Waals surface area contributed by atoms with Crippen LogP contribution >= 0.6 is 12.6 Å². The zero-order valence-electron chi connectivity index (χ0n) is 13.4. The molecule has 0 aliphatic carbocycles. The average Bonchev–Trinajstić information content (AvgIpc) is 2.89. The van der Waals surface area contributed by atoms with E-state index in [1.54, 1.807) is 0 Å². The van der Waals surface area contributed by atoms with Crippen molar-refractivity contribution in [2.45, 2.75) is 39.7 Å². The molecule has 0 saturated heterocycles. The third-order valence-electron chi connectivity index (χ3n) is 4.04. The molecule has 1 aromatic carbocycles. The summed E-state index contributed by atoms with van der Waals surface area (Å²) in [4.78, 5) is 22.7. The molecule has 1 aliphatic rings. The molecular weight excluding hydrogens is 316 g/mol. The van der Waals surface area contributed by atoms with E-state index in [1.807, 2.05) is 19.9 Å². The van der Waals surface area contributed by atoms with Gasteiger partial charge in [-0.1, -0.05) is 11.6 Å². The third kappa shape index (κ3) is 3.52. The Hall–Kier alpha value is -1.95. The van der Waals surface area contributed by atoms with E-state index >= 15 is 0 Å². The van der Waals surface area contributed by atoms with Crippen molar-refractivity contribution in [2.75, 3.05) is 7.11 Å². The summed E-state index contributed by atoms with van der Waals surface area (Å²) in [5, 5.41) is 10.3. The Labute approximate surface area is 140 Å². The summed E-state index contributed by atoms with van der Waals surface area (Å²) in [5.41, 5.74) is 3.27. The van der Waals surface area contributed by atoms with E-state index in [0.717, 1.165) is 11.1 Å². The van der Waals surface area contributed by atoms with Crippen LogP contribution in [0, 0.1) is 6.92 Å². The Balaban J connectivity index is 2.37. The Bertz CT molecular complexity index is 691. The number of phenolic OH excluding ortho intramolecular Hbond substituents is 1. The first-order chi connectivity index (χ1) is 10.9. The number of thiol groups is 1. The first-order valence-electron chi connectivity index (χ1n) is 7.32. The lowest BCUT2D eigenvalue weighted by Gasteiger charge is -2.15. The summed E-state index contributed by atoms with van der Waals surface area (Å²) in [6.45, 7) is 3.91. The van der Waals surface area contributed by atoms with Crippen molar-refractivity contribution in [3.8, 4) is 11.5 Å². The van der Waals surface area contributed by atoms with Crippen molar-refractivity contribution in [1.29, 1.82) is 0 Å². The number of benzene rings is 1. The molecule has 0 aromatic heterocycles. The van der Waals surface area contributed by atoms with E-state index in [4.69, 9.17) is 9.47 Å². The molecule has 0 saturated carbocycles. The van der Waals surface area contributed by atoms with Crippen molar-refractivity contribution in [3.05, 3.63) is 33.9 Å². The van der Waals surface area contributed by atoms with Crippen molar-refractivity contribution in [2.24, 2.45) is 0 Å². The first-order valence-corrected chi connectivity index (χ1v) is 7.77. The van der Waals surface area contributed by atoms with Gasteiger partial charge in [0.25, 0.3) is 0 Å². The maximum absolute atomic E-state index is 11.8. The predicted octanol–water partition coefficient (Wildman–Crippen LogP) is 3.11. The van der Waals surface area contributed by atoms with Crippen LogP contribution in [0.1, 0.15) is 46.8 Å². The van der Waals surface area contributed by atoms with Gasteiger partial charge in [-0.05, 0) is 32.3 Å². The van der Waals surface area contributed by atoms with Crippen LogP contribution in [0.25, 0.3) is 0 Å². The molecule has 2 rings (SSSR count). The van der Waals surface area contributed by atoms with Crippen molar-refractivity contribution >= 4 is 23.7 Å². The van der Waals surface area contributed by atoms with E-state index in [1.165, 1.54) is 7.11 Å². The minimum Gasteiger partial charge on any atom is -0.507 e. The van der Waals surface area contributed by atoms with Crippen LogP contribution in [-0.4, -0.2) is 23.3 Å². The van der Waals surface area contributed by atoms with Crippen molar-refractivity contribution < 1.29 is 24.2 Å². The molecule has 5 nitrogen and oxygen atoms in total. The van der Waals surface area contributed by atoms with Crippen LogP contribution in [0.4, 0.5) is 0 Å². The third-order valence-corrected chi connectivity index (χ3v) is 4.26. The minimum absolute atomic E-state index is 0.0840. The Morgan fingerprint density at radius 3 is 2.74 bits per heavy atom. The molecule has 1 aliphatic heterocycles. The van der Waals surface area contributed by atoms with Gasteiger partial charge in [-0.2, -0.15) is 0 Å². The highest BCUT2D eigenvalue weighted by Gasteiger charge is 2.31. The van der Waals surface area contributed by atoms with E-state index in [0.29, 0.717) is 36.1 Å². The molecule has 0 unspecified atom stereocenters. The summed E-state index contributed by atoms with van der Waals surface area (Å²) >= 11 is 3.75. The van der Waals surface area contributed by atoms with E-state index in [2.05, 4.69) is 12.6 Å². The lowest BCUT2D eigenvalue weighted by atomic mass is 9.94. The first kappa shape index (κ1) is 17.4. The molecule has 124 valence electrons. The van der Waals surface area contributed by atoms with E-state index in [-0.39, 0.29) is 23.0 Å². The highest BCUT2D eigenvalue weighted by molar-refractivity contribution is 7.96. The van der Waals surface area contributed by atoms with Gasteiger partial charge in [0.05, 0.1) is 7.11 Å². The number of carbonyl (C=O) groups excluding carboxylic acids is 2. The molecule has 0 spiro atoms. The molecule has 6 heteroatoms. The second-order valence-corrected chi connectivity index (χ2v) is 6.06. The number of aromatic hydroxyl groups is 1. The molecule has 0 atom stereocenters. The van der Waals surface area contributed by atoms with Gasteiger partial charge in [0.1, 0.15) is 23.7 Å². The van der Waals surface area contributed by atoms with Gasteiger partial charge in [-0.15, -0.1) is 12.6 Å². The molecule has 1 aromatic rings. The molecule has 1 N–H and O–H groups in total. The number of carbonyl (C=O) groups is 2. The van der Waals surface area contributed by atoms with Crippen LogP contribution in [0.5, 0.6) is 11.5 Å². The van der Waals surface area contributed by atoms with E-state index in [9.17, 15) is 14.7 Å². The largest absolute Gasteiger partial charge is 0.507 e. The maximum atomic E-state index is 11.8. The number of ether oxygens (including phenoxy) is 2. The molecule has 0 amide bonds. The van der Waals surface area contributed by atoms with Gasteiger partial charge in [0, 0.05) is 17.5 Å². The van der Waals surface area contributed by atoms with Gasteiger partial charge >= 0.3 is 5.97 Å². The van der Waals surface area contributed by atoms with Crippen molar-refractivity contribution in [1.82, 2.24) is 0 Å². The summed E-state index contributed by atoms with van der Waals surface area (Å²) < 4.78 is 10.4. The zero-order valence-corrected chi connectivity index (χ0v) is 14.3. The second kappa shape index (κ2) is 7.08. The Kier molecular flexibility index (Phi) is 5.36. The summed E-state index contributed by atoms with van der Waals surface area (Å²) in [6.07, 6.45) is 3.30. The fourth-order valence-electron chi connectivity index (χ4n) is 2.71. The van der Waals surface area contributed by atoms with Gasteiger partial charge < -0.3 is 14.6 Å². The number of phenols is 1. The zero-order chi connectivity index (χ0) is 17.1. The molecule has 23 heavy (non-hydrogen) atoms. The molecule has 0 radical (unpaired) electrons. The summed E-state index contributed by atoms with van der Waals surface area (Å²) in [7, 11) is 1.53. The van der Waals surface area contributed by atoms with E-state index < -0.39 is 5.97 Å². The standard InChI is InChI=1S/C17H20O5S/c1-9(5-7-13(18)23)4-6-11-15(19)14-12(8-22-17(14)20)10(2)16(11)21-3/h4,19H,5-8H2,1-3H3,(H,18,23)/b9-4+. The highest BCUT2D eigenvalue weighted by atomic mass is 32.1. The number of hydrogen-bond acceptors (Lipinski definition) is 5. The van der Waals surface area contributed by atoms with Crippen LogP contribution in [0.15, 0.2) is 11.6 Å². The van der Waals surface area contributed by atoms with Crippen LogP contribution in [0.3, 0.4) is 0 Å². The predicted molar refractivity (Wildman–Crippen MR) is 89.2 cm³/mol. The quantitative estimate of drug-likeness (QED) is 0.474. The second-order valence-electron chi connectivity index (χ2n) is 5.56. The molecule has 0 bridgehead atoms. The van der Waals surface area contributed by atoms with Gasteiger partial charge in [-0.3, -0.25) is 4.79 Å². The molecule has 0 fully saturated rings. The fourth-order valence-corrected chi connectivity index (χ4v) is 2.82. The summed E-state index contributed by atoms with van der Waals surface area (Å²) in [5.74, 6) is -0.0287. The lowest BCUT2D eigenvalue weighted by Crippen LogP contribution is -2.03. The Morgan fingerprint density at radius 1 is 1.43 bits per heavy atom. The molecule has 1 heterocycles. The number of esters is 1. The topological polar surface area (TPSA) is 72.8 Å². The van der Waals surface area contributed by atoms with Crippen LogP contribution in [-0.2, 0) is 22.6 Å². The molecular formula is C17H20O5S. The fraction of sp³-hybridized carbons (Fsp3) is 0.412. The monoisotopic (exact) mass is 336 g/mol. The smallest absolute Gasteiger partial charge is 0.342 e. The SMILES string of the molecule is COc1c(C)c2c(c(O)c1C/C=C(\C)CCC(=O)S)C(=O)OC2. The number of allylic oxidation sites excluding steroid dienone is 2. The Morgan fingerprint density at radius 2 is 2.13 bits per heavy atom. The lowest BCUT2D eigenvalue weighted by molar-refractivity contribution is -0.110. The van der Waals surface area contributed by atoms with Gasteiger partial charge in [0.15, 0.2) is 5.12 Å². The number of cyclic esters (lactones) is 1. The van der Waals surface area contributed by atoms with Crippen molar-refractivity contribution in [3.63, 3.8) is 0 Å².